The van der Waals surface area contributed by atoms with Crippen molar-refractivity contribution in [3.8, 4) is 0 Å². The number of hydrogen-bond acceptors (Lipinski definition) is 5. The Balaban J connectivity index is 1.78. The number of likely N-dealkylation sites (N-methyl/N-ethyl adjacent to an activating group) is 1. The molecule has 0 spiro atoms. The van der Waals surface area contributed by atoms with Crippen LogP contribution in [0.2, 0.25) is 0 Å². The Labute approximate surface area is 146 Å². The highest BCUT2D eigenvalue weighted by atomic mass is 19.1. The maximum Gasteiger partial charge on any atom is 0.239 e. The number of anilines is 1. The van der Waals surface area contributed by atoms with Gasteiger partial charge in [0.05, 0.1) is 0 Å². The molecule has 1 amide bonds. The summed E-state index contributed by atoms with van der Waals surface area (Å²) in [6.07, 6.45) is 3.59. The van der Waals surface area contributed by atoms with Crippen LogP contribution in [0.3, 0.4) is 0 Å². The van der Waals surface area contributed by atoms with Crippen molar-refractivity contribution in [2.45, 2.75) is 24.9 Å². The van der Waals surface area contributed by atoms with Gasteiger partial charge in [-0.3, -0.25) is 9.69 Å². The third-order valence-corrected chi connectivity index (χ3v) is 4.72. The summed E-state index contributed by atoms with van der Waals surface area (Å²) in [5, 5.41) is 8.10. The first-order chi connectivity index (χ1) is 12.1. The fraction of sp³-hybridized carbons (Fsp3) is 0.389. The third kappa shape index (κ3) is 3.93. The summed E-state index contributed by atoms with van der Waals surface area (Å²) in [6.45, 7) is 1.64. The number of amides is 1. The number of benzene rings is 1. The van der Waals surface area contributed by atoms with Crippen LogP contribution in [0.5, 0.6) is 0 Å². The quantitative estimate of drug-likeness (QED) is 0.895. The standard InChI is InChI=1S/C18H22FN5O/c1-23(17(18(20)25)13-6-8-14(19)9-7-13)15-4-3-11-24(12-15)16-5-2-10-21-22-16/h2,5-10,15,17H,3-4,11-12H2,1H3,(H2,20,25)/t15-,17+/m0/s1. The minimum Gasteiger partial charge on any atom is -0.368 e. The smallest absolute Gasteiger partial charge is 0.239 e. The van der Waals surface area contributed by atoms with Crippen LogP contribution in [0, 0.1) is 5.82 Å². The molecule has 1 fully saturated rings. The molecule has 3 rings (SSSR count). The minimum absolute atomic E-state index is 0.137. The van der Waals surface area contributed by atoms with Gasteiger partial charge >= 0.3 is 0 Å². The van der Waals surface area contributed by atoms with Crippen molar-refractivity contribution in [1.29, 1.82) is 0 Å². The normalized spacial score (nSPS) is 19.0. The number of piperidine rings is 1. The van der Waals surface area contributed by atoms with Gasteiger partial charge < -0.3 is 10.6 Å². The summed E-state index contributed by atoms with van der Waals surface area (Å²) in [6, 6.07) is 9.28. The van der Waals surface area contributed by atoms with E-state index in [0.717, 1.165) is 31.7 Å². The summed E-state index contributed by atoms with van der Waals surface area (Å²) in [5.74, 6) is 0.0601. The van der Waals surface area contributed by atoms with E-state index in [1.54, 1.807) is 18.3 Å². The van der Waals surface area contributed by atoms with E-state index in [1.165, 1.54) is 12.1 Å². The zero-order valence-corrected chi connectivity index (χ0v) is 14.2. The Morgan fingerprint density at radius 2 is 2.12 bits per heavy atom. The van der Waals surface area contributed by atoms with Crippen molar-refractivity contribution in [3.63, 3.8) is 0 Å². The van der Waals surface area contributed by atoms with Crippen LogP contribution in [-0.4, -0.2) is 47.2 Å². The van der Waals surface area contributed by atoms with Crippen LogP contribution in [0.1, 0.15) is 24.4 Å². The fourth-order valence-corrected chi connectivity index (χ4v) is 3.41. The molecule has 2 N–H and O–H groups in total. The SMILES string of the molecule is CN([C@H]1CCCN(c2cccnn2)C1)[C@@H](C(N)=O)c1ccc(F)cc1. The summed E-state index contributed by atoms with van der Waals surface area (Å²) in [5.41, 5.74) is 6.35. The Bertz CT molecular complexity index is 709. The number of carbonyl (C=O) groups excluding carboxylic acids is 1. The van der Waals surface area contributed by atoms with Crippen LogP contribution in [0.25, 0.3) is 0 Å². The third-order valence-electron chi connectivity index (χ3n) is 4.72. The first kappa shape index (κ1) is 17.3. The van der Waals surface area contributed by atoms with Gasteiger partial charge in [0.2, 0.25) is 5.91 Å². The second kappa shape index (κ2) is 7.57. The zero-order valence-electron chi connectivity index (χ0n) is 14.2. The molecule has 1 aliphatic rings. The van der Waals surface area contributed by atoms with Gasteiger partial charge in [0, 0.05) is 25.3 Å². The van der Waals surface area contributed by atoms with E-state index < -0.39 is 11.9 Å². The van der Waals surface area contributed by atoms with Crippen molar-refractivity contribution in [1.82, 2.24) is 15.1 Å². The number of carbonyl (C=O) groups is 1. The van der Waals surface area contributed by atoms with Gasteiger partial charge in [-0.25, -0.2) is 4.39 Å². The van der Waals surface area contributed by atoms with Gasteiger partial charge in [-0.15, -0.1) is 5.10 Å². The molecule has 1 aromatic heterocycles. The molecule has 0 radical (unpaired) electrons. The van der Waals surface area contributed by atoms with E-state index in [2.05, 4.69) is 15.1 Å². The number of primary amides is 1. The average molecular weight is 343 g/mol. The lowest BCUT2D eigenvalue weighted by Crippen LogP contribution is -2.50. The van der Waals surface area contributed by atoms with Crippen LogP contribution in [-0.2, 0) is 4.79 Å². The molecule has 2 heterocycles. The van der Waals surface area contributed by atoms with Gasteiger partial charge in [-0.2, -0.15) is 5.10 Å². The van der Waals surface area contributed by atoms with Crippen molar-refractivity contribution in [2.75, 3.05) is 25.0 Å². The van der Waals surface area contributed by atoms with Gasteiger partial charge in [0.1, 0.15) is 11.9 Å². The Hall–Kier alpha value is -2.54. The predicted octanol–water partition coefficient (Wildman–Crippen LogP) is 1.74. The van der Waals surface area contributed by atoms with Crippen LogP contribution < -0.4 is 10.6 Å². The predicted molar refractivity (Wildman–Crippen MR) is 93.4 cm³/mol. The Morgan fingerprint density at radius 1 is 1.36 bits per heavy atom. The molecule has 0 aliphatic carbocycles. The summed E-state index contributed by atoms with van der Waals surface area (Å²) in [4.78, 5) is 16.2. The lowest BCUT2D eigenvalue weighted by atomic mass is 9.98. The number of nitrogens with zero attached hydrogens (tertiary/aromatic N) is 4. The number of nitrogens with two attached hydrogens (primary N) is 1. The highest BCUT2D eigenvalue weighted by Gasteiger charge is 2.31. The van der Waals surface area contributed by atoms with Gasteiger partial charge in [-0.05, 0) is 49.7 Å². The van der Waals surface area contributed by atoms with Crippen molar-refractivity contribution < 1.29 is 9.18 Å². The second-order valence-corrected chi connectivity index (χ2v) is 6.35. The fourth-order valence-electron chi connectivity index (χ4n) is 3.41. The van der Waals surface area contributed by atoms with Gasteiger partial charge in [-0.1, -0.05) is 12.1 Å². The second-order valence-electron chi connectivity index (χ2n) is 6.35. The summed E-state index contributed by atoms with van der Waals surface area (Å²) < 4.78 is 13.2. The van der Waals surface area contributed by atoms with Crippen LogP contribution >= 0.6 is 0 Å². The molecule has 1 saturated heterocycles. The number of rotatable bonds is 5. The molecule has 132 valence electrons. The first-order valence-corrected chi connectivity index (χ1v) is 8.35. The van der Waals surface area contributed by atoms with Crippen molar-refractivity contribution >= 4 is 11.7 Å². The van der Waals surface area contributed by atoms with Gasteiger partial charge in [0.15, 0.2) is 5.82 Å². The van der Waals surface area contributed by atoms with E-state index >= 15 is 0 Å². The molecular formula is C18H22FN5O. The molecule has 25 heavy (non-hydrogen) atoms. The molecule has 6 nitrogen and oxygen atoms in total. The van der Waals surface area contributed by atoms with Crippen molar-refractivity contribution in [3.05, 3.63) is 54.0 Å². The van der Waals surface area contributed by atoms with Crippen LogP contribution in [0.15, 0.2) is 42.6 Å². The molecule has 2 aromatic rings. The van der Waals surface area contributed by atoms with E-state index in [0.29, 0.717) is 5.56 Å². The maximum absolute atomic E-state index is 13.2. The lowest BCUT2D eigenvalue weighted by molar-refractivity contribution is -0.123. The monoisotopic (exact) mass is 343 g/mol. The number of hydrogen-bond donors (Lipinski definition) is 1. The molecule has 0 unspecified atom stereocenters. The number of halogens is 1. The summed E-state index contributed by atoms with van der Waals surface area (Å²) >= 11 is 0. The Kier molecular flexibility index (Phi) is 5.23. The Morgan fingerprint density at radius 3 is 2.76 bits per heavy atom. The summed E-state index contributed by atoms with van der Waals surface area (Å²) in [7, 11) is 1.89. The highest BCUT2D eigenvalue weighted by Crippen LogP contribution is 2.27. The maximum atomic E-state index is 13.2. The van der Waals surface area contributed by atoms with E-state index in [4.69, 9.17) is 5.73 Å². The molecule has 0 saturated carbocycles. The average Bonchev–Trinajstić information content (AvgIpc) is 2.64. The topological polar surface area (TPSA) is 75.3 Å². The lowest BCUT2D eigenvalue weighted by Gasteiger charge is -2.40. The molecule has 0 bridgehead atoms. The van der Waals surface area contributed by atoms with E-state index in [9.17, 15) is 9.18 Å². The largest absolute Gasteiger partial charge is 0.368 e. The van der Waals surface area contributed by atoms with E-state index in [-0.39, 0.29) is 11.9 Å². The minimum atomic E-state index is -0.590. The van der Waals surface area contributed by atoms with Crippen LogP contribution in [0.4, 0.5) is 10.2 Å². The molecule has 1 aliphatic heterocycles. The van der Waals surface area contributed by atoms with Gasteiger partial charge in [0.25, 0.3) is 0 Å². The van der Waals surface area contributed by atoms with E-state index in [1.807, 2.05) is 24.1 Å². The molecule has 1 aromatic carbocycles. The number of aromatic nitrogens is 2. The molecule has 2 atom stereocenters. The zero-order chi connectivity index (χ0) is 17.8. The molecule has 7 heteroatoms. The first-order valence-electron chi connectivity index (χ1n) is 8.35. The molecular weight excluding hydrogens is 321 g/mol. The highest BCUT2D eigenvalue weighted by molar-refractivity contribution is 5.81. The van der Waals surface area contributed by atoms with Crippen molar-refractivity contribution in [2.24, 2.45) is 5.73 Å².